The second-order valence-electron chi connectivity index (χ2n) is 7.19. The molecule has 0 bridgehead atoms. The number of carbonyl (C=O) groups is 2. The zero-order valence-electron chi connectivity index (χ0n) is 15.9. The second-order valence-corrected chi connectivity index (χ2v) is 7.19. The van der Waals surface area contributed by atoms with Gasteiger partial charge in [0.1, 0.15) is 0 Å². The summed E-state index contributed by atoms with van der Waals surface area (Å²) in [4.78, 5) is 29.1. The van der Waals surface area contributed by atoms with E-state index in [1.807, 2.05) is 71.9 Å². The molecular formula is C21H27N3O2. The first-order valence-corrected chi connectivity index (χ1v) is 9.19. The summed E-state index contributed by atoms with van der Waals surface area (Å²) in [5, 5.41) is 0. The molecule has 1 fully saturated rings. The minimum absolute atomic E-state index is 0.0606. The molecule has 138 valence electrons. The predicted octanol–water partition coefficient (Wildman–Crippen LogP) is 2.56. The summed E-state index contributed by atoms with van der Waals surface area (Å²) < 4.78 is 1.95. The Kier molecular flexibility index (Phi) is 5.45. The molecule has 1 aromatic carbocycles. The van der Waals surface area contributed by atoms with Crippen molar-refractivity contribution in [3.05, 3.63) is 58.9 Å². The van der Waals surface area contributed by atoms with Crippen molar-refractivity contribution in [1.82, 2.24) is 14.4 Å². The highest BCUT2D eigenvalue weighted by molar-refractivity contribution is 5.94. The third-order valence-electron chi connectivity index (χ3n) is 5.14. The van der Waals surface area contributed by atoms with Crippen LogP contribution in [0.25, 0.3) is 0 Å². The summed E-state index contributed by atoms with van der Waals surface area (Å²) in [5.74, 6) is 0.196. The lowest BCUT2D eigenvalue weighted by Crippen LogP contribution is -2.38. The smallest absolute Gasteiger partial charge is 0.253 e. The summed E-state index contributed by atoms with van der Waals surface area (Å²) in [6.07, 6.45) is 5.17. The van der Waals surface area contributed by atoms with Crippen LogP contribution in [0.15, 0.2) is 36.7 Å². The van der Waals surface area contributed by atoms with Crippen LogP contribution in [0.5, 0.6) is 0 Å². The van der Waals surface area contributed by atoms with Gasteiger partial charge in [-0.3, -0.25) is 9.59 Å². The minimum atomic E-state index is 0.0606. The zero-order valence-corrected chi connectivity index (χ0v) is 15.9. The molecule has 1 aliphatic heterocycles. The number of rotatable bonds is 3. The number of hydrogen-bond acceptors (Lipinski definition) is 2. The van der Waals surface area contributed by atoms with Crippen LogP contribution in [0.3, 0.4) is 0 Å². The standard InChI is InChI=1S/C21H27N3O2/c1-16-5-6-19(13-17(16)2)21(26)24-9-4-8-23(11-12-24)20(25)14-18-7-10-22(3)15-18/h5-7,10,13,15H,4,8-9,11-12,14H2,1-3H3. The summed E-state index contributed by atoms with van der Waals surface area (Å²) in [5.41, 5.74) is 4.09. The maximum atomic E-state index is 12.8. The lowest BCUT2D eigenvalue weighted by atomic mass is 10.1. The maximum Gasteiger partial charge on any atom is 0.253 e. The third-order valence-corrected chi connectivity index (χ3v) is 5.14. The average Bonchev–Trinajstić information content (AvgIpc) is 2.87. The fraction of sp³-hybridized carbons (Fsp3) is 0.429. The molecule has 0 N–H and O–H groups in total. The number of benzene rings is 1. The van der Waals surface area contributed by atoms with Crippen molar-refractivity contribution >= 4 is 11.8 Å². The van der Waals surface area contributed by atoms with Gasteiger partial charge in [0.15, 0.2) is 0 Å². The van der Waals surface area contributed by atoms with E-state index in [0.717, 1.165) is 23.1 Å². The van der Waals surface area contributed by atoms with Crippen molar-refractivity contribution < 1.29 is 9.59 Å². The van der Waals surface area contributed by atoms with Gasteiger partial charge in [0, 0.05) is 51.2 Å². The SMILES string of the molecule is Cc1ccc(C(=O)N2CCCN(C(=O)Cc3ccn(C)c3)CC2)cc1C. The van der Waals surface area contributed by atoms with Crippen LogP contribution < -0.4 is 0 Å². The number of aromatic nitrogens is 1. The summed E-state index contributed by atoms with van der Waals surface area (Å²) in [7, 11) is 1.95. The van der Waals surface area contributed by atoms with Crippen molar-refractivity contribution in [1.29, 1.82) is 0 Å². The summed E-state index contributed by atoms with van der Waals surface area (Å²) in [6, 6.07) is 7.83. The number of amides is 2. The van der Waals surface area contributed by atoms with Crippen molar-refractivity contribution in [2.75, 3.05) is 26.2 Å². The van der Waals surface area contributed by atoms with Gasteiger partial charge < -0.3 is 14.4 Å². The first-order valence-electron chi connectivity index (χ1n) is 9.19. The van der Waals surface area contributed by atoms with Crippen LogP contribution in [0, 0.1) is 13.8 Å². The van der Waals surface area contributed by atoms with E-state index in [9.17, 15) is 9.59 Å². The van der Waals surface area contributed by atoms with E-state index in [2.05, 4.69) is 0 Å². The third kappa shape index (κ3) is 4.15. The molecule has 0 radical (unpaired) electrons. The van der Waals surface area contributed by atoms with Crippen LogP contribution in [0.2, 0.25) is 0 Å². The Balaban J connectivity index is 1.61. The highest BCUT2D eigenvalue weighted by Gasteiger charge is 2.23. The van der Waals surface area contributed by atoms with Crippen LogP contribution in [0.4, 0.5) is 0 Å². The average molecular weight is 353 g/mol. The minimum Gasteiger partial charge on any atom is -0.357 e. The maximum absolute atomic E-state index is 12.8. The fourth-order valence-corrected chi connectivity index (χ4v) is 3.38. The van der Waals surface area contributed by atoms with E-state index in [1.165, 1.54) is 5.56 Å². The molecule has 0 aliphatic carbocycles. The molecule has 26 heavy (non-hydrogen) atoms. The predicted molar refractivity (Wildman–Crippen MR) is 102 cm³/mol. The first kappa shape index (κ1) is 18.2. The van der Waals surface area contributed by atoms with Crippen molar-refractivity contribution in [3.8, 4) is 0 Å². The van der Waals surface area contributed by atoms with E-state index < -0.39 is 0 Å². The van der Waals surface area contributed by atoms with Crippen molar-refractivity contribution in [2.45, 2.75) is 26.7 Å². The van der Waals surface area contributed by atoms with Gasteiger partial charge in [0.2, 0.25) is 5.91 Å². The Hall–Kier alpha value is -2.56. The number of nitrogens with zero attached hydrogens (tertiary/aromatic N) is 3. The Labute approximate surface area is 155 Å². The Morgan fingerprint density at radius 1 is 0.962 bits per heavy atom. The monoisotopic (exact) mass is 353 g/mol. The molecule has 5 nitrogen and oxygen atoms in total. The Morgan fingerprint density at radius 2 is 1.69 bits per heavy atom. The second kappa shape index (κ2) is 7.77. The normalized spacial score (nSPS) is 15.0. The molecule has 3 rings (SSSR count). The Morgan fingerprint density at radius 3 is 2.38 bits per heavy atom. The van der Waals surface area contributed by atoms with E-state index in [4.69, 9.17) is 0 Å². The molecule has 2 amide bonds. The van der Waals surface area contributed by atoms with Gasteiger partial charge in [-0.05, 0) is 55.2 Å². The molecule has 5 heteroatoms. The van der Waals surface area contributed by atoms with Crippen LogP contribution in [0.1, 0.15) is 33.5 Å². The lowest BCUT2D eigenvalue weighted by molar-refractivity contribution is -0.130. The number of aryl methyl sites for hydroxylation is 3. The number of carbonyl (C=O) groups excluding carboxylic acids is 2. The van der Waals surface area contributed by atoms with Gasteiger partial charge in [0.25, 0.3) is 5.91 Å². The summed E-state index contributed by atoms with van der Waals surface area (Å²) in [6.45, 7) is 6.67. The highest BCUT2D eigenvalue weighted by atomic mass is 16.2. The lowest BCUT2D eigenvalue weighted by Gasteiger charge is -2.22. The van der Waals surface area contributed by atoms with Gasteiger partial charge in [-0.1, -0.05) is 6.07 Å². The van der Waals surface area contributed by atoms with Crippen molar-refractivity contribution in [2.24, 2.45) is 7.05 Å². The molecule has 1 aromatic heterocycles. The van der Waals surface area contributed by atoms with E-state index >= 15 is 0 Å². The van der Waals surface area contributed by atoms with Crippen LogP contribution in [-0.4, -0.2) is 52.4 Å². The largest absolute Gasteiger partial charge is 0.357 e. The zero-order chi connectivity index (χ0) is 18.7. The van der Waals surface area contributed by atoms with Gasteiger partial charge >= 0.3 is 0 Å². The molecule has 0 unspecified atom stereocenters. The van der Waals surface area contributed by atoms with Gasteiger partial charge in [-0.25, -0.2) is 0 Å². The molecule has 0 saturated carbocycles. The van der Waals surface area contributed by atoms with Crippen molar-refractivity contribution in [3.63, 3.8) is 0 Å². The first-order chi connectivity index (χ1) is 12.4. The van der Waals surface area contributed by atoms with Crippen LogP contribution >= 0.6 is 0 Å². The molecule has 1 aliphatic rings. The molecule has 2 heterocycles. The topological polar surface area (TPSA) is 45.6 Å². The summed E-state index contributed by atoms with van der Waals surface area (Å²) >= 11 is 0. The fourth-order valence-electron chi connectivity index (χ4n) is 3.38. The van der Waals surface area contributed by atoms with E-state index in [-0.39, 0.29) is 11.8 Å². The van der Waals surface area contributed by atoms with E-state index in [0.29, 0.717) is 32.6 Å². The van der Waals surface area contributed by atoms with Gasteiger partial charge in [-0.2, -0.15) is 0 Å². The molecule has 0 atom stereocenters. The quantitative estimate of drug-likeness (QED) is 0.851. The van der Waals surface area contributed by atoms with Crippen LogP contribution in [-0.2, 0) is 18.3 Å². The number of hydrogen-bond donors (Lipinski definition) is 0. The molecule has 2 aromatic rings. The molecule has 0 spiro atoms. The molecule has 1 saturated heterocycles. The Bertz CT molecular complexity index is 809. The van der Waals surface area contributed by atoms with Gasteiger partial charge in [0.05, 0.1) is 6.42 Å². The molecular weight excluding hydrogens is 326 g/mol. The van der Waals surface area contributed by atoms with Gasteiger partial charge in [-0.15, -0.1) is 0 Å². The van der Waals surface area contributed by atoms with E-state index in [1.54, 1.807) is 0 Å². The highest BCUT2D eigenvalue weighted by Crippen LogP contribution is 2.14.